The Labute approximate surface area is 133 Å². The lowest BCUT2D eigenvalue weighted by molar-refractivity contribution is 0.0941. The number of nitrogens with zero attached hydrogens (tertiary/aromatic N) is 1. The van der Waals surface area contributed by atoms with Gasteiger partial charge < -0.3 is 15.2 Å². The average Bonchev–Trinajstić information content (AvgIpc) is 2.54. The molecule has 6 heteroatoms. The van der Waals surface area contributed by atoms with Gasteiger partial charge in [-0.2, -0.15) is 0 Å². The van der Waals surface area contributed by atoms with Gasteiger partial charge in [-0.25, -0.2) is 4.98 Å². The van der Waals surface area contributed by atoms with Gasteiger partial charge in [-0.15, -0.1) is 11.8 Å². The zero-order valence-electron chi connectivity index (χ0n) is 12.7. The van der Waals surface area contributed by atoms with Crippen LogP contribution in [0.25, 0.3) is 0 Å². The Hall–Kier alpha value is -2.21. The van der Waals surface area contributed by atoms with Crippen molar-refractivity contribution in [1.82, 2.24) is 10.3 Å². The first-order valence-electron chi connectivity index (χ1n) is 6.71. The minimum atomic E-state index is -0.438. The van der Waals surface area contributed by atoms with Gasteiger partial charge in [0.25, 0.3) is 5.91 Å². The van der Waals surface area contributed by atoms with E-state index in [0.29, 0.717) is 11.6 Å². The van der Waals surface area contributed by atoms with Crippen LogP contribution < -0.4 is 10.1 Å². The number of hydrogen-bond donors (Lipinski definition) is 2. The van der Waals surface area contributed by atoms with Gasteiger partial charge in [0.15, 0.2) is 17.2 Å². The summed E-state index contributed by atoms with van der Waals surface area (Å²) in [5.74, 6) is -0.450. The van der Waals surface area contributed by atoms with E-state index in [2.05, 4.69) is 10.3 Å². The van der Waals surface area contributed by atoms with E-state index in [1.165, 1.54) is 18.9 Å². The van der Waals surface area contributed by atoms with Crippen molar-refractivity contribution in [3.63, 3.8) is 0 Å². The summed E-state index contributed by atoms with van der Waals surface area (Å²) in [6.45, 7) is 2.37. The van der Waals surface area contributed by atoms with Crippen LogP contribution in [0, 0.1) is 6.92 Å². The molecule has 0 radical (unpaired) electrons. The van der Waals surface area contributed by atoms with Gasteiger partial charge in [0.05, 0.1) is 7.11 Å². The number of aromatic nitrogens is 1. The molecule has 5 nitrogen and oxygen atoms in total. The van der Waals surface area contributed by atoms with Crippen LogP contribution in [0.5, 0.6) is 11.5 Å². The number of hydrogen-bond acceptors (Lipinski definition) is 5. The second-order valence-electron chi connectivity index (χ2n) is 4.73. The minimum Gasteiger partial charge on any atom is -0.503 e. The Morgan fingerprint density at radius 3 is 2.64 bits per heavy atom. The van der Waals surface area contributed by atoms with Gasteiger partial charge >= 0.3 is 0 Å². The van der Waals surface area contributed by atoms with E-state index in [0.717, 1.165) is 11.1 Å². The molecule has 1 aromatic heterocycles. The first kappa shape index (κ1) is 16.2. The van der Waals surface area contributed by atoms with Crippen LogP contribution in [0.15, 0.2) is 35.4 Å². The predicted octanol–water partition coefficient (Wildman–Crippen LogP) is 2.76. The molecule has 0 fully saturated rings. The van der Waals surface area contributed by atoms with E-state index in [4.69, 9.17) is 4.74 Å². The quantitative estimate of drug-likeness (QED) is 0.830. The first-order chi connectivity index (χ1) is 10.5. The van der Waals surface area contributed by atoms with Gasteiger partial charge in [-0.3, -0.25) is 4.79 Å². The number of benzene rings is 1. The first-order valence-corrected chi connectivity index (χ1v) is 7.93. The fourth-order valence-corrected chi connectivity index (χ4v) is 2.29. The summed E-state index contributed by atoms with van der Waals surface area (Å²) >= 11 is 1.37. The maximum atomic E-state index is 12.2. The molecule has 0 aliphatic heterocycles. The molecule has 0 bridgehead atoms. The SMILES string of the molecule is COc1cc(SC)nc(C(=O)NCc2ccc(C)cc2)c1O. The third kappa shape index (κ3) is 3.71. The number of carbonyl (C=O) groups is 1. The third-order valence-corrected chi connectivity index (χ3v) is 3.78. The van der Waals surface area contributed by atoms with E-state index < -0.39 is 5.91 Å². The standard InChI is InChI=1S/C16H18N2O3S/c1-10-4-6-11(7-5-10)9-17-16(20)14-15(19)12(21-2)8-13(18-14)22-3/h4-8,19H,9H2,1-3H3,(H,17,20). The molecule has 1 heterocycles. The Kier molecular flexibility index (Phi) is 5.27. The normalized spacial score (nSPS) is 10.3. The average molecular weight is 318 g/mol. The zero-order chi connectivity index (χ0) is 16.1. The molecule has 22 heavy (non-hydrogen) atoms. The molecule has 0 aliphatic rings. The number of thioether (sulfide) groups is 1. The molecule has 0 unspecified atom stereocenters. The number of carbonyl (C=O) groups excluding carboxylic acids is 1. The fraction of sp³-hybridized carbons (Fsp3) is 0.250. The highest BCUT2D eigenvalue weighted by Crippen LogP contribution is 2.32. The van der Waals surface area contributed by atoms with Crippen molar-refractivity contribution in [2.24, 2.45) is 0 Å². The van der Waals surface area contributed by atoms with Crippen LogP contribution in [0.3, 0.4) is 0 Å². The Morgan fingerprint density at radius 2 is 2.05 bits per heavy atom. The number of ether oxygens (including phenoxy) is 1. The smallest absolute Gasteiger partial charge is 0.274 e. The third-order valence-electron chi connectivity index (χ3n) is 3.15. The maximum absolute atomic E-state index is 12.2. The molecule has 0 aliphatic carbocycles. The molecule has 116 valence electrons. The molecule has 0 spiro atoms. The van der Waals surface area contributed by atoms with Crippen LogP contribution in [0.4, 0.5) is 0 Å². The highest BCUT2D eigenvalue weighted by atomic mass is 32.2. The second-order valence-corrected chi connectivity index (χ2v) is 5.56. The topological polar surface area (TPSA) is 71.5 Å². The minimum absolute atomic E-state index is 0.0317. The number of amides is 1. The second kappa shape index (κ2) is 7.17. The monoisotopic (exact) mass is 318 g/mol. The molecule has 2 aromatic rings. The summed E-state index contributed by atoms with van der Waals surface area (Å²) in [7, 11) is 1.44. The van der Waals surface area contributed by atoms with Gasteiger partial charge in [0, 0.05) is 12.6 Å². The fourth-order valence-electron chi connectivity index (χ4n) is 1.88. The van der Waals surface area contributed by atoms with Crippen molar-refractivity contribution in [3.8, 4) is 11.5 Å². The molecule has 1 aromatic carbocycles. The number of pyridine rings is 1. The predicted molar refractivity (Wildman–Crippen MR) is 86.6 cm³/mol. The van der Waals surface area contributed by atoms with Crippen LogP contribution in [-0.4, -0.2) is 29.4 Å². The Balaban J connectivity index is 2.16. The van der Waals surface area contributed by atoms with Crippen molar-refractivity contribution < 1.29 is 14.6 Å². The highest BCUT2D eigenvalue weighted by Gasteiger charge is 2.18. The summed E-state index contributed by atoms with van der Waals surface area (Å²) in [5.41, 5.74) is 2.11. The number of methoxy groups -OCH3 is 1. The van der Waals surface area contributed by atoms with Crippen LogP contribution in [0.1, 0.15) is 21.6 Å². The van der Waals surface area contributed by atoms with Crippen LogP contribution in [0.2, 0.25) is 0 Å². The van der Waals surface area contributed by atoms with E-state index in [-0.39, 0.29) is 17.2 Å². The van der Waals surface area contributed by atoms with Crippen LogP contribution >= 0.6 is 11.8 Å². The molecule has 1 amide bonds. The molecule has 2 rings (SSSR count). The van der Waals surface area contributed by atoms with Gasteiger partial charge in [0.1, 0.15) is 5.03 Å². The number of aryl methyl sites for hydroxylation is 1. The van der Waals surface area contributed by atoms with Crippen LogP contribution in [-0.2, 0) is 6.54 Å². The molecule has 0 saturated heterocycles. The highest BCUT2D eigenvalue weighted by molar-refractivity contribution is 7.98. The molecule has 0 atom stereocenters. The number of aromatic hydroxyl groups is 1. The summed E-state index contributed by atoms with van der Waals surface area (Å²) < 4.78 is 5.07. The maximum Gasteiger partial charge on any atom is 0.274 e. The van der Waals surface area contributed by atoms with Crippen molar-refractivity contribution >= 4 is 17.7 Å². The zero-order valence-corrected chi connectivity index (χ0v) is 13.5. The lowest BCUT2D eigenvalue weighted by Crippen LogP contribution is -2.24. The molecule has 2 N–H and O–H groups in total. The molecular formula is C16H18N2O3S. The van der Waals surface area contributed by atoms with E-state index in [1.807, 2.05) is 37.4 Å². The summed E-state index contributed by atoms with van der Waals surface area (Å²) in [5, 5.41) is 13.4. The van der Waals surface area contributed by atoms with E-state index in [1.54, 1.807) is 6.07 Å². The van der Waals surface area contributed by atoms with Crippen molar-refractivity contribution in [2.45, 2.75) is 18.5 Å². The van der Waals surface area contributed by atoms with Gasteiger partial charge in [-0.05, 0) is 18.7 Å². The molecule has 0 saturated carbocycles. The van der Waals surface area contributed by atoms with Crippen molar-refractivity contribution in [3.05, 3.63) is 47.2 Å². The van der Waals surface area contributed by atoms with Gasteiger partial charge in [-0.1, -0.05) is 29.8 Å². The van der Waals surface area contributed by atoms with Gasteiger partial charge in [0.2, 0.25) is 0 Å². The lowest BCUT2D eigenvalue weighted by Gasteiger charge is -2.11. The molecular weight excluding hydrogens is 300 g/mol. The largest absolute Gasteiger partial charge is 0.503 e. The number of rotatable bonds is 5. The summed E-state index contributed by atoms with van der Waals surface area (Å²) in [6.07, 6.45) is 1.84. The summed E-state index contributed by atoms with van der Waals surface area (Å²) in [6, 6.07) is 9.45. The Bertz CT molecular complexity index is 672. The lowest BCUT2D eigenvalue weighted by atomic mass is 10.1. The van der Waals surface area contributed by atoms with Crippen molar-refractivity contribution in [1.29, 1.82) is 0 Å². The van der Waals surface area contributed by atoms with Crippen molar-refractivity contribution in [2.75, 3.05) is 13.4 Å². The van der Waals surface area contributed by atoms with E-state index >= 15 is 0 Å². The van der Waals surface area contributed by atoms with E-state index in [9.17, 15) is 9.90 Å². The number of nitrogens with one attached hydrogen (secondary N) is 1. The Morgan fingerprint density at radius 1 is 1.36 bits per heavy atom. The summed E-state index contributed by atoms with van der Waals surface area (Å²) in [4.78, 5) is 16.4.